The number of nitrogens with zero attached hydrogens (tertiary/aromatic N) is 3. The molecule has 0 unspecified atom stereocenters. The highest BCUT2D eigenvalue weighted by molar-refractivity contribution is 9.10. The summed E-state index contributed by atoms with van der Waals surface area (Å²) in [5.74, 6) is 0.366. The Balaban J connectivity index is 1.79. The predicted molar refractivity (Wildman–Crippen MR) is 103 cm³/mol. The van der Waals surface area contributed by atoms with Crippen LogP contribution in [0.25, 0.3) is 21.9 Å². The van der Waals surface area contributed by atoms with Gasteiger partial charge in [0.15, 0.2) is 11.5 Å². The van der Waals surface area contributed by atoms with E-state index in [1.54, 1.807) is 12.1 Å². The largest absolute Gasteiger partial charge is 0.504 e. The van der Waals surface area contributed by atoms with E-state index in [2.05, 4.69) is 31.0 Å². The lowest BCUT2D eigenvalue weighted by Gasteiger charge is -2.03. The molecule has 0 fully saturated rings. The number of aromatic nitrogens is 3. The number of H-pyrrole nitrogens is 1. The molecule has 0 atom stereocenters. The molecule has 2 aromatic heterocycles. The minimum atomic E-state index is -0.302. The van der Waals surface area contributed by atoms with Crippen molar-refractivity contribution in [3.8, 4) is 11.5 Å². The number of phenolic OH excluding ortho intramolecular Hbond substituents is 1. The molecule has 0 aliphatic heterocycles. The maximum atomic E-state index is 12.7. The Kier molecular flexibility index (Phi) is 3.96. The van der Waals surface area contributed by atoms with E-state index in [0.717, 1.165) is 20.1 Å². The molecule has 2 heterocycles. The number of aromatic hydroxyl groups is 1. The van der Waals surface area contributed by atoms with Crippen LogP contribution in [-0.2, 0) is 0 Å². The summed E-state index contributed by atoms with van der Waals surface area (Å²) in [6.45, 7) is 0. The van der Waals surface area contributed by atoms with Crippen LogP contribution in [0.4, 0.5) is 0 Å². The number of hydrogen-bond donors (Lipinski definition) is 2. The van der Waals surface area contributed by atoms with Gasteiger partial charge >= 0.3 is 0 Å². The van der Waals surface area contributed by atoms with Gasteiger partial charge in [-0.25, -0.2) is 4.98 Å². The molecule has 0 radical (unpaired) electrons. The molecule has 130 valence electrons. The number of aromatic amines is 1. The Bertz CT molecular complexity index is 1230. The molecule has 4 rings (SSSR count). The van der Waals surface area contributed by atoms with E-state index in [9.17, 15) is 9.90 Å². The van der Waals surface area contributed by atoms with Gasteiger partial charge in [0.2, 0.25) is 0 Å². The van der Waals surface area contributed by atoms with Crippen molar-refractivity contribution in [1.29, 1.82) is 0 Å². The molecular formula is C18H13BrN4O3. The molecular weight excluding hydrogens is 400 g/mol. The zero-order chi connectivity index (χ0) is 18.3. The number of nitrogens with one attached hydrogen (secondary N) is 1. The first-order valence-corrected chi connectivity index (χ1v) is 8.46. The van der Waals surface area contributed by atoms with Crippen molar-refractivity contribution in [1.82, 2.24) is 14.6 Å². The van der Waals surface area contributed by atoms with Gasteiger partial charge < -0.3 is 14.8 Å². The van der Waals surface area contributed by atoms with Crippen molar-refractivity contribution in [2.45, 2.75) is 0 Å². The van der Waals surface area contributed by atoms with E-state index >= 15 is 0 Å². The van der Waals surface area contributed by atoms with Crippen LogP contribution in [0.2, 0.25) is 0 Å². The highest BCUT2D eigenvalue weighted by Gasteiger charge is 2.11. The molecule has 2 aromatic carbocycles. The van der Waals surface area contributed by atoms with Gasteiger partial charge in [-0.05, 0) is 42.0 Å². The lowest BCUT2D eigenvalue weighted by atomic mass is 10.2. The van der Waals surface area contributed by atoms with E-state index in [1.807, 2.05) is 18.2 Å². The van der Waals surface area contributed by atoms with E-state index in [-0.39, 0.29) is 11.3 Å². The summed E-state index contributed by atoms with van der Waals surface area (Å²) in [5.41, 5.74) is 2.19. The molecule has 0 spiro atoms. The van der Waals surface area contributed by atoms with Gasteiger partial charge in [0.25, 0.3) is 5.56 Å². The predicted octanol–water partition coefficient (Wildman–Crippen LogP) is 3.24. The molecule has 0 saturated heterocycles. The Labute approximate surface area is 155 Å². The number of halogens is 1. The zero-order valence-electron chi connectivity index (χ0n) is 13.6. The first-order valence-electron chi connectivity index (χ1n) is 7.67. The molecule has 7 nitrogen and oxygen atoms in total. The average Bonchev–Trinajstić information content (AvgIpc) is 3.01. The standard InChI is InChI=1S/C18H13BrN4O3/c1-26-15-6-10(2-5-14(15)24)8-21-23-9-20-16-12-7-11(19)3-4-13(12)22-17(16)18(23)25/h2-9,22,24H,1H3/b21-8+. The summed E-state index contributed by atoms with van der Waals surface area (Å²) in [6, 6.07) is 10.5. The number of ether oxygens (including phenoxy) is 1. The quantitative estimate of drug-likeness (QED) is 0.505. The molecule has 0 saturated carbocycles. The third-order valence-corrected chi connectivity index (χ3v) is 4.48. The highest BCUT2D eigenvalue weighted by Crippen LogP contribution is 2.26. The summed E-state index contributed by atoms with van der Waals surface area (Å²) in [7, 11) is 1.46. The Hall–Kier alpha value is -3.13. The van der Waals surface area contributed by atoms with E-state index in [4.69, 9.17) is 4.74 Å². The lowest BCUT2D eigenvalue weighted by Crippen LogP contribution is -2.17. The highest BCUT2D eigenvalue weighted by atomic mass is 79.9. The number of phenols is 1. The second kappa shape index (κ2) is 6.30. The lowest BCUT2D eigenvalue weighted by molar-refractivity contribution is 0.373. The number of fused-ring (bicyclic) bond motifs is 3. The summed E-state index contributed by atoms with van der Waals surface area (Å²) >= 11 is 3.43. The van der Waals surface area contributed by atoms with Crippen LogP contribution in [0.5, 0.6) is 11.5 Å². The molecule has 0 bridgehead atoms. The second-order valence-electron chi connectivity index (χ2n) is 5.61. The van der Waals surface area contributed by atoms with Gasteiger partial charge in [0.05, 0.1) is 13.3 Å². The van der Waals surface area contributed by atoms with Gasteiger partial charge in [0.1, 0.15) is 17.4 Å². The van der Waals surface area contributed by atoms with Crippen LogP contribution in [0.15, 0.2) is 57.1 Å². The number of benzene rings is 2. The Morgan fingerprint density at radius 2 is 2.15 bits per heavy atom. The van der Waals surface area contributed by atoms with Crippen LogP contribution in [0, 0.1) is 0 Å². The maximum absolute atomic E-state index is 12.7. The monoisotopic (exact) mass is 412 g/mol. The molecule has 0 amide bonds. The summed E-state index contributed by atoms with van der Waals surface area (Å²) < 4.78 is 7.13. The average molecular weight is 413 g/mol. The summed E-state index contributed by atoms with van der Waals surface area (Å²) in [6.07, 6.45) is 2.88. The minimum Gasteiger partial charge on any atom is -0.504 e. The molecule has 4 aromatic rings. The molecule has 0 aliphatic rings. The van der Waals surface area contributed by atoms with Gasteiger partial charge in [-0.1, -0.05) is 15.9 Å². The molecule has 26 heavy (non-hydrogen) atoms. The van der Waals surface area contributed by atoms with Gasteiger partial charge in [-0.3, -0.25) is 4.79 Å². The molecule has 2 N–H and O–H groups in total. The van der Waals surface area contributed by atoms with Crippen LogP contribution in [0.3, 0.4) is 0 Å². The number of rotatable bonds is 3. The SMILES string of the molecule is COc1cc(/C=N/n2cnc3c([nH]c4ccc(Br)cc43)c2=O)ccc1O. The fourth-order valence-corrected chi connectivity index (χ4v) is 3.06. The molecule has 8 heteroatoms. The Morgan fingerprint density at radius 1 is 1.31 bits per heavy atom. The van der Waals surface area contributed by atoms with Crippen LogP contribution in [0.1, 0.15) is 5.56 Å². The van der Waals surface area contributed by atoms with Crippen molar-refractivity contribution in [3.05, 3.63) is 63.1 Å². The fraction of sp³-hybridized carbons (Fsp3) is 0.0556. The van der Waals surface area contributed by atoms with Crippen molar-refractivity contribution in [2.24, 2.45) is 5.10 Å². The first kappa shape index (κ1) is 16.3. The van der Waals surface area contributed by atoms with Crippen LogP contribution >= 0.6 is 15.9 Å². The van der Waals surface area contributed by atoms with Crippen molar-refractivity contribution < 1.29 is 9.84 Å². The van der Waals surface area contributed by atoms with Crippen molar-refractivity contribution in [2.75, 3.05) is 7.11 Å². The molecule has 0 aliphatic carbocycles. The topological polar surface area (TPSA) is 92.5 Å². The third-order valence-electron chi connectivity index (χ3n) is 3.99. The first-order chi connectivity index (χ1) is 12.6. The Morgan fingerprint density at radius 3 is 2.96 bits per heavy atom. The van der Waals surface area contributed by atoms with Crippen LogP contribution < -0.4 is 10.3 Å². The van der Waals surface area contributed by atoms with Crippen molar-refractivity contribution in [3.63, 3.8) is 0 Å². The van der Waals surface area contributed by atoms with E-state index < -0.39 is 0 Å². The summed E-state index contributed by atoms with van der Waals surface area (Å²) in [4.78, 5) is 20.1. The van der Waals surface area contributed by atoms with Crippen LogP contribution in [-0.4, -0.2) is 33.1 Å². The third kappa shape index (κ3) is 2.74. The number of hydrogen-bond acceptors (Lipinski definition) is 5. The maximum Gasteiger partial charge on any atom is 0.298 e. The normalized spacial score (nSPS) is 11.6. The van der Waals surface area contributed by atoms with E-state index in [0.29, 0.717) is 22.3 Å². The summed E-state index contributed by atoms with van der Waals surface area (Å²) in [5, 5.41) is 14.7. The zero-order valence-corrected chi connectivity index (χ0v) is 15.2. The smallest absolute Gasteiger partial charge is 0.298 e. The van der Waals surface area contributed by atoms with Gasteiger partial charge in [-0.15, -0.1) is 0 Å². The second-order valence-corrected chi connectivity index (χ2v) is 6.52. The van der Waals surface area contributed by atoms with Crippen molar-refractivity contribution >= 4 is 44.1 Å². The van der Waals surface area contributed by atoms with E-state index in [1.165, 1.54) is 25.7 Å². The minimum absolute atomic E-state index is 0.0362. The fourth-order valence-electron chi connectivity index (χ4n) is 2.70. The van der Waals surface area contributed by atoms with Gasteiger partial charge in [0, 0.05) is 15.4 Å². The van der Waals surface area contributed by atoms with Gasteiger partial charge in [-0.2, -0.15) is 9.78 Å². The number of methoxy groups -OCH3 is 1.